The Kier molecular flexibility index (Phi) is 6.09. The predicted octanol–water partition coefficient (Wildman–Crippen LogP) is 3.42. The van der Waals surface area contributed by atoms with Crippen LogP contribution >= 0.6 is 11.8 Å². The first-order chi connectivity index (χ1) is 15.4. The highest BCUT2D eigenvalue weighted by molar-refractivity contribution is 7.98. The summed E-state index contributed by atoms with van der Waals surface area (Å²) in [4.78, 5) is 19.0. The van der Waals surface area contributed by atoms with Gasteiger partial charge in [0.05, 0.1) is 12.7 Å². The smallest absolute Gasteiger partial charge is 0.248 e. The molecule has 2 heterocycles. The van der Waals surface area contributed by atoms with E-state index in [0.29, 0.717) is 28.1 Å². The number of allylic oxidation sites excluding steroid dienone is 1. The second kappa shape index (κ2) is 8.96. The third-order valence-corrected chi connectivity index (χ3v) is 6.26. The molecule has 8 nitrogen and oxygen atoms in total. The number of nitrogens with zero attached hydrogens (tertiary/aromatic N) is 4. The Morgan fingerprint density at radius 1 is 1.19 bits per heavy atom. The van der Waals surface area contributed by atoms with E-state index in [-0.39, 0.29) is 0 Å². The average molecular weight is 451 g/mol. The van der Waals surface area contributed by atoms with Crippen LogP contribution in [-0.2, 0) is 10.5 Å². The number of nitrogens with one attached hydrogen (secondary N) is 1. The molecule has 32 heavy (non-hydrogen) atoms. The highest BCUT2D eigenvalue weighted by atomic mass is 32.2. The van der Waals surface area contributed by atoms with Crippen LogP contribution in [0, 0.1) is 0 Å². The molecular formula is C23H26N6O2S. The SMILES string of the molecule is COc1ccc(CSc2nc3n(n2)C(c2ccc(N(C)C)cc2)C(C(N)=O)=C(C)N3)cc1. The van der Waals surface area contributed by atoms with Gasteiger partial charge in [0.1, 0.15) is 11.8 Å². The van der Waals surface area contributed by atoms with Crippen molar-refractivity contribution < 1.29 is 9.53 Å². The minimum absolute atomic E-state index is 0.442. The standard InChI is InChI=1S/C23H26N6O2S/c1-14-19(21(24)30)20(16-7-9-17(10-8-16)28(2)3)29-22(25-14)26-23(27-29)32-13-15-5-11-18(31-4)12-6-15/h5-12,20H,13H2,1-4H3,(H2,24,30)(H,25,26,27). The van der Waals surface area contributed by atoms with Crippen LogP contribution < -0.4 is 20.7 Å². The third-order valence-electron chi connectivity index (χ3n) is 5.35. The second-order valence-electron chi connectivity index (χ2n) is 7.72. The van der Waals surface area contributed by atoms with Crippen molar-refractivity contribution in [2.45, 2.75) is 23.9 Å². The largest absolute Gasteiger partial charge is 0.497 e. The van der Waals surface area contributed by atoms with Gasteiger partial charge >= 0.3 is 0 Å². The van der Waals surface area contributed by atoms with Crippen molar-refractivity contribution in [2.75, 3.05) is 31.4 Å². The molecule has 166 valence electrons. The molecule has 1 aliphatic rings. The molecule has 0 saturated carbocycles. The van der Waals surface area contributed by atoms with Crippen molar-refractivity contribution >= 4 is 29.3 Å². The van der Waals surface area contributed by atoms with Gasteiger partial charge in [0.25, 0.3) is 0 Å². The maximum atomic E-state index is 12.3. The fourth-order valence-corrected chi connectivity index (χ4v) is 4.43. The van der Waals surface area contributed by atoms with E-state index in [2.05, 4.69) is 10.3 Å². The van der Waals surface area contributed by atoms with Crippen LogP contribution in [0.25, 0.3) is 0 Å². The summed E-state index contributed by atoms with van der Waals surface area (Å²) < 4.78 is 6.96. The van der Waals surface area contributed by atoms with Crippen molar-refractivity contribution in [3.05, 3.63) is 70.9 Å². The zero-order valence-corrected chi connectivity index (χ0v) is 19.3. The van der Waals surface area contributed by atoms with E-state index in [1.165, 1.54) is 11.8 Å². The molecule has 3 N–H and O–H groups in total. The van der Waals surface area contributed by atoms with Gasteiger partial charge in [0, 0.05) is 31.2 Å². The quantitative estimate of drug-likeness (QED) is 0.532. The first kappa shape index (κ1) is 21.8. The number of anilines is 2. The number of primary amides is 1. The summed E-state index contributed by atoms with van der Waals surface area (Å²) in [6, 6.07) is 15.5. The van der Waals surface area contributed by atoms with Crippen LogP contribution in [0.3, 0.4) is 0 Å². The first-order valence-electron chi connectivity index (χ1n) is 10.1. The average Bonchev–Trinajstić information content (AvgIpc) is 3.19. The summed E-state index contributed by atoms with van der Waals surface area (Å²) in [5.41, 5.74) is 10.1. The van der Waals surface area contributed by atoms with Gasteiger partial charge in [-0.1, -0.05) is 36.0 Å². The molecule has 1 aliphatic heterocycles. The van der Waals surface area contributed by atoms with Gasteiger partial charge in [-0.15, -0.1) is 5.10 Å². The lowest BCUT2D eigenvalue weighted by Crippen LogP contribution is -2.31. The number of methoxy groups -OCH3 is 1. The van der Waals surface area contributed by atoms with Gasteiger partial charge in [-0.25, -0.2) is 4.68 Å². The molecule has 1 unspecified atom stereocenters. The summed E-state index contributed by atoms with van der Waals surface area (Å²) in [6.45, 7) is 1.84. The summed E-state index contributed by atoms with van der Waals surface area (Å²) in [6.07, 6.45) is 0. The molecule has 4 rings (SSSR count). The molecule has 3 aromatic rings. The Balaban J connectivity index is 1.64. The zero-order valence-electron chi connectivity index (χ0n) is 18.5. The van der Waals surface area contributed by atoms with E-state index in [1.807, 2.05) is 74.4 Å². The van der Waals surface area contributed by atoms with Gasteiger partial charge in [-0.05, 0) is 42.3 Å². The van der Waals surface area contributed by atoms with Crippen molar-refractivity contribution in [1.82, 2.24) is 14.8 Å². The number of carbonyl (C=O) groups is 1. The number of fused-ring (bicyclic) bond motifs is 1. The number of nitrogens with two attached hydrogens (primary N) is 1. The Hall–Kier alpha value is -3.46. The predicted molar refractivity (Wildman–Crippen MR) is 127 cm³/mol. The summed E-state index contributed by atoms with van der Waals surface area (Å²) in [5, 5.41) is 8.52. The molecule has 1 atom stereocenters. The molecule has 2 aromatic carbocycles. The van der Waals surface area contributed by atoms with E-state index < -0.39 is 11.9 Å². The van der Waals surface area contributed by atoms with E-state index in [1.54, 1.807) is 11.8 Å². The van der Waals surface area contributed by atoms with Crippen LogP contribution in [0.15, 0.2) is 65.0 Å². The van der Waals surface area contributed by atoms with Crippen LogP contribution in [-0.4, -0.2) is 41.9 Å². The molecule has 0 saturated heterocycles. The van der Waals surface area contributed by atoms with Crippen LogP contribution in [0.1, 0.15) is 24.1 Å². The van der Waals surface area contributed by atoms with Crippen molar-refractivity contribution in [1.29, 1.82) is 0 Å². The van der Waals surface area contributed by atoms with E-state index >= 15 is 0 Å². The monoisotopic (exact) mass is 450 g/mol. The van der Waals surface area contributed by atoms with Crippen LogP contribution in [0.5, 0.6) is 5.75 Å². The van der Waals surface area contributed by atoms with Gasteiger partial charge in [0.15, 0.2) is 0 Å². The molecule has 0 radical (unpaired) electrons. The number of thioether (sulfide) groups is 1. The van der Waals surface area contributed by atoms with Gasteiger partial charge in [-0.2, -0.15) is 4.98 Å². The Morgan fingerprint density at radius 3 is 2.47 bits per heavy atom. The number of hydrogen-bond acceptors (Lipinski definition) is 7. The number of aromatic nitrogens is 3. The van der Waals surface area contributed by atoms with E-state index in [4.69, 9.17) is 15.6 Å². The number of hydrogen-bond donors (Lipinski definition) is 2. The summed E-state index contributed by atoms with van der Waals surface area (Å²) in [7, 11) is 5.62. The zero-order chi connectivity index (χ0) is 22.8. The summed E-state index contributed by atoms with van der Waals surface area (Å²) in [5.74, 6) is 1.64. The minimum Gasteiger partial charge on any atom is -0.497 e. The van der Waals surface area contributed by atoms with Crippen LogP contribution in [0.2, 0.25) is 0 Å². The molecule has 0 fully saturated rings. The topological polar surface area (TPSA) is 98.3 Å². The second-order valence-corrected chi connectivity index (χ2v) is 8.66. The van der Waals surface area contributed by atoms with Crippen LogP contribution in [0.4, 0.5) is 11.6 Å². The fraction of sp³-hybridized carbons (Fsp3) is 0.261. The van der Waals surface area contributed by atoms with E-state index in [9.17, 15) is 4.79 Å². The first-order valence-corrected chi connectivity index (χ1v) is 11.1. The number of amides is 1. The molecule has 1 amide bonds. The van der Waals surface area contributed by atoms with E-state index in [0.717, 1.165) is 22.6 Å². The summed E-state index contributed by atoms with van der Waals surface area (Å²) >= 11 is 1.53. The molecule has 1 aromatic heterocycles. The lowest BCUT2D eigenvalue weighted by molar-refractivity contribution is -0.115. The van der Waals surface area contributed by atoms with Crippen molar-refractivity contribution in [3.63, 3.8) is 0 Å². The molecule has 0 spiro atoms. The maximum absolute atomic E-state index is 12.3. The van der Waals surface area contributed by atoms with Gasteiger partial charge in [0.2, 0.25) is 17.0 Å². The molecular weight excluding hydrogens is 424 g/mol. The number of rotatable bonds is 7. The van der Waals surface area contributed by atoms with Gasteiger partial charge in [-0.3, -0.25) is 4.79 Å². The highest BCUT2D eigenvalue weighted by Crippen LogP contribution is 2.36. The Bertz CT molecular complexity index is 1150. The minimum atomic E-state index is -0.481. The van der Waals surface area contributed by atoms with Crippen molar-refractivity contribution in [2.24, 2.45) is 5.73 Å². The molecule has 9 heteroatoms. The number of benzene rings is 2. The van der Waals surface area contributed by atoms with Gasteiger partial charge < -0.3 is 20.7 Å². The molecule has 0 aliphatic carbocycles. The highest BCUT2D eigenvalue weighted by Gasteiger charge is 2.33. The lowest BCUT2D eigenvalue weighted by Gasteiger charge is -2.28. The Morgan fingerprint density at radius 2 is 1.88 bits per heavy atom. The third kappa shape index (κ3) is 4.29. The fourth-order valence-electron chi connectivity index (χ4n) is 3.64. The maximum Gasteiger partial charge on any atom is 0.248 e. The normalized spacial score (nSPS) is 15.2. The Labute approximate surface area is 191 Å². The number of ether oxygens (including phenoxy) is 1. The lowest BCUT2D eigenvalue weighted by atomic mass is 9.95. The van der Waals surface area contributed by atoms with Crippen molar-refractivity contribution in [3.8, 4) is 5.75 Å². The molecule has 0 bridgehead atoms. The number of carbonyl (C=O) groups excluding carboxylic acids is 1.